The molecule has 2 aromatic rings. The van der Waals surface area contributed by atoms with E-state index < -0.39 is 35.8 Å². The van der Waals surface area contributed by atoms with E-state index in [9.17, 15) is 24.3 Å². The lowest BCUT2D eigenvalue weighted by Crippen LogP contribution is -2.53. The molecule has 206 valence electrons. The summed E-state index contributed by atoms with van der Waals surface area (Å²) >= 11 is 6.12. The summed E-state index contributed by atoms with van der Waals surface area (Å²) in [5, 5.41) is 14.8. The van der Waals surface area contributed by atoms with Crippen molar-refractivity contribution in [2.24, 2.45) is 17.4 Å². The van der Waals surface area contributed by atoms with Gasteiger partial charge in [-0.2, -0.15) is 0 Å². The van der Waals surface area contributed by atoms with Gasteiger partial charge in [-0.3, -0.25) is 14.4 Å². The summed E-state index contributed by atoms with van der Waals surface area (Å²) < 4.78 is 5.83. The molecule has 0 saturated carbocycles. The van der Waals surface area contributed by atoms with Gasteiger partial charge in [-0.15, -0.1) is 0 Å². The Labute approximate surface area is 227 Å². The third-order valence-corrected chi connectivity index (χ3v) is 6.29. The number of benzene rings is 2. The standard InChI is InChI=1S/C27H35ClN4O6/c1-3-16(2)24(27(36)37)32-26(35)21(10-12-23(30)33)31-25(34)20-14-18(28)9-11-22(20)38-15-19(29)13-17-7-5-4-6-8-17/h4-9,11,14,16,19,21,24H,3,10,12-13,15,29H2,1-2H3,(H2,30,33)(H,31,34)(H,32,35)(H,36,37)/t16-,19-,21-,24-/m0/s1. The Balaban J connectivity index is 2.18. The second-order valence-electron chi connectivity index (χ2n) is 9.14. The number of carbonyl (C=O) groups excluding carboxylic acids is 3. The van der Waals surface area contributed by atoms with E-state index in [0.717, 1.165) is 5.56 Å². The number of ether oxygens (including phenoxy) is 1. The molecule has 11 heteroatoms. The van der Waals surface area contributed by atoms with Crippen molar-refractivity contribution in [3.63, 3.8) is 0 Å². The average Bonchev–Trinajstić information content (AvgIpc) is 2.88. The van der Waals surface area contributed by atoms with E-state index in [1.165, 1.54) is 12.1 Å². The van der Waals surface area contributed by atoms with Crippen LogP contribution in [0.25, 0.3) is 0 Å². The maximum absolute atomic E-state index is 13.2. The highest BCUT2D eigenvalue weighted by Gasteiger charge is 2.30. The Kier molecular flexibility index (Phi) is 12.0. The van der Waals surface area contributed by atoms with Crippen LogP contribution in [0.5, 0.6) is 5.75 Å². The largest absolute Gasteiger partial charge is 0.491 e. The number of nitrogens with one attached hydrogen (secondary N) is 2. The zero-order valence-electron chi connectivity index (χ0n) is 21.5. The van der Waals surface area contributed by atoms with Gasteiger partial charge >= 0.3 is 5.97 Å². The number of carboxylic acid groups (broad SMARTS) is 1. The molecule has 7 N–H and O–H groups in total. The molecule has 0 aliphatic carbocycles. The number of amides is 3. The minimum absolute atomic E-state index is 0.0537. The fourth-order valence-electron chi connectivity index (χ4n) is 3.71. The van der Waals surface area contributed by atoms with Gasteiger partial charge in [0.05, 0.1) is 5.56 Å². The minimum Gasteiger partial charge on any atom is -0.491 e. The number of nitrogens with two attached hydrogens (primary N) is 2. The van der Waals surface area contributed by atoms with Gasteiger partial charge in [0.2, 0.25) is 11.8 Å². The Morgan fingerprint density at radius 2 is 1.76 bits per heavy atom. The van der Waals surface area contributed by atoms with E-state index in [2.05, 4.69) is 10.6 Å². The highest BCUT2D eigenvalue weighted by Crippen LogP contribution is 2.24. The Hall–Kier alpha value is -3.63. The first kappa shape index (κ1) is 30.6. The predicted octanol–water partition coefficient (Wildman–Crippen LogP) is 2.27. The van der Waals surface area contributed by atoms with Crippen molar-refractivity contribution >= 4 is 35.3 Å². The molecule has 0 bridgehead atoms. The summed E-state index contributed by atoms with van der Waals surface area (Å²) in [5.74, 6) is -3.48. The molecule has 0 fully saturated rings. The summed E-state index contributed by atoms with van der Waals surface area (Å²) in [4.78, 5) is 49.3. The zero-order chi connectivity index (χ0) is 28.2. The number of carboxylic acids is 1. The summed E-state index contributed by atoms with van der Waals surface area (Å²) in [7, 11) is 0. The molecule has 4 atom stereocenters. The van der Waals surface area contributed by atoms with Gasteiger partial charge in [-0.1, -0.05) is 62.2 Å². The SMILES string of the molecule is CC[C@H](C)[C@H](NC(=O)[C@H](CCC(N)=O)NC(=O)c1cc(Cl)ccc1OC[C@@H](N)Cc1ccccc1)C(=O)O. The Morgan fingerprint density at radius 1 is 1.08 bits per heavy atom. The van der Waals surface area contributed by atoms with E-state index in [1.807, 2.05) is 30.3 Å². The minimum atomic E-state index is -1.23. The molecule has 0 aliphatic rings. The van der Waals surface area contributed by atoms with E-state index in [-0.39, 0.29) is 47.7 Å². The van der Waals surface area contributed by atoms with Gasteiger partial charge in [-0.25, -0.2) is 4.79 Å². The second-order valence-corrected chi connectivity index (χ2v) is 9.58. The monoisotopic (exact) mass is 546 g/mol. The van der Waals surface area contributed by atoms with Crippen molar-refractivity contribution in [2.75, 3.05) is 6.61 Å². The smallest absolute Gasteiger partial charge is 0.326 e. The first-order valence-corrected chi connectivity index (χ1v) is 12.7. The maximum Gasteiger partial charge on any atom is 0.326 e. The predicted molar refractivity (Wildman–Crippen MR) is 144 cm³/mol. The van der Waals surface area contributed by atoms with Gasteiger partial charge < -0.3 is 31.9 Å². The lowest BCUT2D eigenvalue weighted by Gasteiger charge is -2.24. The molecule has 2 aromatic carbocycles. The normalized spacial score (nSPS) is 14.0. The van der Waals surface area contributed by atoms with E-state index in [4.69, 9.17) is 27.8 Å². The highest BCUT2D eigenvalue weighted by molar-refractivity contribution is 6.31. The van der Waals surface area contributed by atoms with Crippen LogP contribution >= 0.6 is 11.6 Å². The van der Waals surface area contributed by atoms with Crippen molar-refractivity contribution in [1.29, 1.82) is 0 Å². The van der Waals surface area contributed by atoms with Gasteiger partial charge in [0.1, 0.15) is 24.4 Å². The lowest BCUT2D eigenvalue weighted by atomic mass is 9.98. The molecule has 0 aliphatic heterocycles. The van der Waals surface area contributed by atoms with Gasteiger partial charge in [-0.05, 0) is 42.5 Å². The number of aliphatic carboxylic acids is 1. The molecular formula is C27H35ClN4O6. The van der Waals surface area contributed by atoms with Crippen LogP contribution in [0.1, 0.15) is 49.0 Å². The first-order chi connectivity index (χ1) is 18.0. The van der Waals surface area contributed by atoms with Crippen LogP contribution in [0.4, 0.5) is 0 Å². The Morgan fingerprint density at radius 3 is 2.37 bits per heavy atom. The van der Waals surface area contributed by atoms with Crippen LogP contribution in [0.15, 0.2) is 48.5 Å². The van der Waals surface area contributed by atoms with Gasteiger partial charge in [0.15, 0.2) is 0 Å². The molecule has 0 unspecified atom stereocenters. The third kappa shape index (κ3) is 9.68. The number of hydrogen-bond donors (Lipinski definition) is 5. The number of carbonyl (C=O) groups is 4. The molecule has 10 nitrogen and oxygen atoms in total. The molecule has 0 radical (unpaired) electrons. The summed E-state index contributed by atoms with van der Waals surface area (Å²) in [6.45, 7) is 3.59. The number of primary amides is 1. The van der Waals surface area contributed by atoms with Crippen LogP contribution < -0.4 is 26.8 Å². The Bertz CT molecular complexity index is 1110. The van der Waals surface area contributed by atoms with Crippen LogP contribution in [0.3, 0.4) is 0 Å². The molecule has 0 heterocycles. The van der Waals surface area contributed by atoms with Crippen molar-refractivity contribution in [1.82, 2.24) is 10.6 Å². The molecule has 0 spiro atoms. The summed E-state index contributed by atoms with van der Waals surface area (Å²) in [5.41, 5.74) is 12.5. The van der Waals surface area contributed by atoms with Crippen LogP contribution in [-0.4, -0.2) is 53.5 Å². The number of halogens is 1. The highest BCUT2D eigenvalue weighted by atomic mass is 35.5. The van der Waals surface area contributed by atoms with Gasteiger partial charge in [0.25, 0.3) is 5.91 Å². The second kappa shape index (κ2) is 14.9. The van der Waals surface area contributed by atoms with Crippen LogP contribution in [0, 0.1) is 5.92 Å². The van der Waals surface area contributed by atoms with Gasteiger partial charge in [0, 0.05) is 17.5 Å². The maximum atomic E-state index is 13.2. The molecular weight excluding hydrogens is 512 g/mol. The fraction of sp³-hybridized carbons (Fsp3) is 0.407. The van der Waals surface area contributed by atoms with Crippen LogP contribution in [-0.2, 0) is 20.8 Å². The van der Waals surface area contributed by atoms with Crippen molar-refractivity contribution in [3.8, 4) is 5.75 Å². The fourth-order valence-corrected chi connectivity index (χ4v) is 3.88. The van der Waals surface area contributed by atoms with Crippen molar-refractivity contribution < 1.29 is 29.0 Å². The molecule has 38 heavy (non-hydrogen) atoms. The first-order valence-electron chi connectivity index (χ1n) is 12.4. The third-order valence-electron chi connectivity index (χ3n) is 6.06. The number of rotatable bonds is 15. The summed E-state index contributed by atoms with van der Waals surface area (Å²) in [6, 6.07) is 11.4. The quantitative estimate of drug-likeness (QED) is 0.228. The lowest BCUT2D eigenvalue weighted by molar-refractivity contribution is -0.143. The average molecular weight is 547 g/mol. The molecule has 2 rings (SSSR count). The zero-order valence-corrected chi connectivity index (χ0v) is 22.2. The van der Waals surface area contributed by atoms with E-state index >= 15 is 0 Å². The van der Waals surface area contributed by atoms with Crippen molar-refractivity contribution in [2.45, 2.75) is 57.7 Å². The molecule has 0 saturated heterocycles. The van der Waals surface area contributed by atoms with E-state index in [1.54, 1.807) is 19.9 Å². The molecule has 0 aromatic heterocycles. The number of hydrogen-bond acceptors (Lipinski definition) is 6. The molecule has 3 amide bonds. The topological polar surface area (TPSA) is 174 Å². The summed E-state index contributed by atoms with van der Waals surface area (Å²) in [6.07, 6.45) is 0.739. The van der Waals surface area contributed by atoms with Crippen LogP contribution in [0.2, 0.25) is 5.02 Å². The van der Waals surface area contributed by atoms with Crippen molar-refractivity contribution in [3.05, 3.63) is 64.7 Å². The van der Waals surface area contributed by atoms with E-state index in [0.29, 0.717) is 12.8 Å².